The number of fused-ring (bicyclic) bond motifs is 1. The summed E-state index contributed by atoms with van der Waals surface area (Å²) in [4.78, 5) is 30.3. The summed E-state index contributed by atoms with van der Waals surface area (Å²) in [5, 5.41) is 0. The van der Waals surface area contributed by atoms with E-state index < -0.39 is 0 Å². The number of anilines is 2. The number of aryl methyl sites for hydroxylation is 1. The number of aromatic nitrogens is 4. The average Bonchev–Trinajstić information content (AvgIpc) is 2.90. The van der Waals surface area contributed by atoms with Crippen molar-refractivity contribution < 1.29 is 9.47 Å². The topological polar surface area (TPSA) is 85.6 Å². The molecule has 0 N–H and O–H groups in total. The largest absolute Gasteiger partial charge is 0.488 e. The Bertz CT molecular complexity index is 1170. The zero-order chi connectivity index (χ0) is 23.5. The second-order valence-electron chi connectivity index (χ2n) is 8.96. The fourth-order valence-corrected chi connectivity index (χ4v) is 5.03. The van der Waals surface area contributed by atoms with Gasteiger partial charge in [-0.2, -0.15) is 0 Å². The fraction of sp³-hybridized carbons (Fsp3) is 0.520. The summed E-state index contributed by atoms with van der Waals surface area (Å²) >= 11 is 0. The van der Waals surface area contributed by atoms with Crippen LogP contribution in [0.3, 0.4) is 0 Å². The van der Waals surface area contributed by atoms with Crippen LogP contribution in [0, 0.1) is 0 Å². The number of morpholine rings is 1. The molecule has 0 atom stereocenters. The third-order valence-electron chi connectivity index (χ3n) is 6.93. The van der Waals surface area contributed by atoms with Gasteiger partial charge in [0.05, 0.1) is 31.0 Å². The smallest absolute Gasteiger partial charge is 0.269 e. The Kier molecular flexibility index (Phi) is 6.62. The van der Waals surface area contributed by atoms with Crippen LogP contribution in [0.2, 0.25) is 0 Å². The molecule has 2 fully saturated rings. The molecule has 9 nitrogen and oxygen atoms in total. The van der Waals surface area contributed by atoms with E-state index in [1.54, 1.807) is 17.0 Å². The highest BCUT2D eigenvalue weighted by Crippen LogP contribution is 2.34. The van der Waals surface area contributed by atoms with Gasteiger partial charge in [0.15, 0.2) is 0 Å². The molecule has 0 unspecified atom stereocenters. The van der Waals surface area contributed by atoms with Crippen molar-refractivity contribution in [2.24, 2.45) is 0 Å². The van der Waals surface area contributed by atoms with E-state index in [2.05, 4.69) is 43.9 Å². The maximum absolute atomic E-state index is 12.5. The van der Waals surface area contributed by atoms with Crippen molar-refractivity contribution in [1.82, 2.24) is 19.5 Å². The maximum atomic E-state index is 12.5. The van der Waals surface area contributed by atoms with E-state index in [1.165, 1.54) is 6.20 Å². The van der Waals surface area contributed by atoms with Crippen molar-refractivity contribution in [3.8, 4) is 5.75 Å². The first-order chi connectivity index (χ1) is 16.6. The van der Waals surface area contributed by atoms with Gasteiger partial charge in [0.1, 0.15) is 11.3 Å². The van der Waals surface area contributed by atoms with Crippen molar-refractivity contribution >= 4 is 22.7 Å². The Labute approximate surface area is 199 Å². The number of benzene rings is 1. The molecule has 0 spiro atoms. The lowest BCUT2D eigenvalue weighted by molar-refractivity contribution is 0.122. The summed E-state index contributed by atoms with van der Waals surface area (Å²) in [5.41, 5.74) is 2.53. The SMILES string of the molecule is CCn1c(=O)cnc2cc(N3CCOCC3)cc(O[C@H]3CC[C@@H](N(C)c4ncccn4)CC3)c21. The van der Waals surface area contributed by atoms with Crippen molar-refractivity contribution in [3.05, 3.63) is 47.1 Å². The van der Waals surface area contributed by atoms with E-state index in [-0.39, 0.29) is 11.7 Å². The molecule has 0 radical (unpaired) electrons. The van der Waals surface area contributed by atoms with Crippen LogP contribution in [0.15, 0.2) is 41.6 Å². The summed E-state index contributed by atoms with van der Waals surface area (Å²) in [6, 6.07) is 6.36. The number of nitrogens with zero attached hydrogens (tertiary/aromatic N) is 6. The molecule has 3 heterocycles. The molecule has 9 heteroatoms. The second kappa shape index (κ2) is 9.97. The third kappa shape index (κ3) is 4.57. The number of hydrogen-bond donors (Lipinski definition) is 0. The van der Waals surface area contributed by atoms with E-state index in [0.29, 0.717) is 25.8 Å². The molecular formula is C25H32N6O3. The minimum Gasteiger partial charge on any atom is -0.488 e. The zero-order valence-electron chi connectivity index (χ0n) is 19.9. The molecule has 1 aliphatic heterocycles. The maximum Gasteiger partial charge on any atom is 0.269 e. The summed E-state index contributed by atoms with van der Waals surface area (Å²) in [6.45, 7) is 5.62. The second-order valence-corrected chi connectivity index (χ2v) is 8.96. The molecule has 1 saturated heterocycles. The third-order valence-corrected chi connectivity index (χ3v) is 6.93. The monoisotopic (exact) mass is 464 g/mol. The molecule has 3 aromatic rings. The van der Waals surface area contributed by atoms with E-state index in [1.807, 2.05) is 13.0 Å². The Morgan fingerprint density at radius 3 is 2.53 bits per heavy atom. The number of ether oxygens (including phenoxy) is 2. The van der Waals surface area contributed by atoms with Gasteiger partial charge in [-0.15, -0.1) is 0 Å². The van der Waals surface area contributed by atoms with Gasteiger partial charge in [0.2, 0.25) is 5.95 Å². The minimum atomic E-state index is -0.104. The first-order valence-electron chi connectivity index (χ1n) is 12.2. The zero-order valence-corrected chi connectivity index (χ0v) is 19.9. The van der Waals surface area contributed by atoms with E-state index in [4.69, 9.17) is 9.47 Å². The van der Waals surface area contributed by atoms with Gasteiger partial charge in [-0.05, 0) is 44.7 Å². The van der Waals surface area contributed by atoms with Gasteiger partial charge < -0.3 is 23.8 Å². The predicted molar refractivity (Wildman–Crippen MR) is 132 cm³/mol. The van der Waals surface area contributed by atoms with Gasteiger partial charge >= 0.3 is 0 Å². The lowest BCUT2D eigenvalue weighted by Crippen LogP contribution is -2.38. The normalized spacial score (nSPS) is 20.9. The molecule has 1 aliphatic carbocycles. The summed E-state index contributed by atoms with van der Waals surface area (Å²) < 4.78 is 13.9. The Hall–Kier alpha value is -3.20. The van der Waals surface area contributed by atoms with Crippen molar-refractivity contribution in [3.63, 3.8) is 0 Å². The van der Waals surface area contributed by atoms with E-state index in [9.17, 15) is 4.79 Å². The van der Waals surface area contributed by atoms with Gasteiger partial charge in [-0.3, -0.25) is 4.79 Å². The summed E-state index contributed by atoms with van der Waals surface area (Å²) in [7, 11) is 2.06. The van der Waals surface area contributed by atoms with Crippen LogP contribution in [-0.2, 0) is 11.3 Å². The average molecular weight is 465 g/mol. The Morgan fingerprint density at radius 1 is 1.09 bits per heavy atom. The van der Waals surface area contributed by atoms with E-state index >= 15 is 0 Å². The highest BCUT2D eigenvalue weighted by Gasteiger charge is 2.27. The lowest BCUT2D eigenvalue weighted by Gasteiger charge is -2.35. The van der Waals surface area contributed by atoms with Crippen LogP contribution >= 0.6 is 0 Å². The predicted octanol–water partition coefficient (Wildman–Crippen LogP) is 2.87. The standard InChI is InChI=1S/C25H32N6O3/c1-3-31-23(32)17-28-21-15-19(30-11-13-33-14-12-30)16-22(24(21)31)34-20-7-5-18(6-8-20)29(2)25-26-9-4-10-27-25/h4,9-10,15-18,20H,3,5-8,11-14H2,1-2H3/t18-,20+. The molecule has 0 amide bonds. The molecule has 5 rings (SSSR count). The van der Waals surface area contributed by atoms with Gasteiger partial charge in [-0.1, -0.05) is 0 Å². The summed E-state index contributed by atoms with van der Waals surface area (Å²) in [5.74, 6) is 1.50. The molecule has 180 valence electrons. The number of hydrogen-bond acceptors (Lipinski definition) is 8. The molecule has 2 aromatic heterocycles. The van der Waals surface area contributed by atoms with Gasteiger partial charge in [0, 0.05) is 56.9 Å². The summed E-state index contributed by atoms with van der Waals surface area (Å²) in [6.07, 6.45) is 8.92. The van der Waals surface area contributed by atoms with Crippen molar-refractivity contribution in [1.29, 1.82) is 0 Å². The van der Waals surface area contributed by atoms with Gasteiger partial charge in [-0.25, -0.2) is 15.0 Å². The molecule has 34 heavy (non-hydrogen) atoms. The van der Waals surface area contributed by atoms with Crippen LogP contribution in [0.4, 0.5) is 11.6 Å². The Balaban J connectivity index is 1.39. The van der Waals surface area contributed by atoms with Crippen LogP contribution in [0.1, 0.15) is 32.6 Å². The van der Waals surface area contributed by atoms with Crippen LogP contribution in [0.5, 0.6) is 5.75 Å². The van der Waals surface area contributed by atoms with Crippen LogP contribution in [0.25, 0.3) is 11.0 Å². The first-order valence-corrected chi connectivity index (χ1v) is 12.2. The minimum absolute atomic E-state index is 0.0881. The van der Waals surface area contributed by atoms with Crippen LogP contribution in [-0.4, -0.2) is 65.0 Å². The molecule has 2 aliphatic rings. The number of rotatable bonds is 6. The van der Waals surface area contributed by atoms with Crippen molar-refractivity contribution in [2.75, 3.05) is 43.2 Å². The van der Waals surface area contributed by atoms with Crippen LogP contribution < -0.4 is 20.1 Å². The van der Waals surface area contributed by atoms with Crippen molar-refractivity contribution in [2.45, 2.75) is 51.3 Å². The highest BCUT2D eigenvalue weighted by molar-refractivity contribution is 5.86. The van der Waals surface area contributed by atoms with Gasteiger partial charge in [0.25, 0.3) is 5.56 Å². The Morgan fingerprint density at radius 2 is 1.82 bits per heavy atom. The first kappa shape index (κ1) is 22.6. The lowest BCUT2D eigenvalue weighted by atomic mass is 9.92. The van der Waals surface area contributed by atoms with E-state index in [0.717, 1.165) is 67.2 Å². The highest BCUT2D eigenvalue weighted by atomic mass is 16.5. The molecule has 1 saturated carbocycles. The fourth-order valence-electron chi connectivity index (χ4n) is 5.03. The molecular weight excluding hydrogens is 432 g/mol. The molecule has 0 bridgehead atoms. The quantitative estimate of drug-likeness (QED) is 0.551. The molecule has 1 aromatic carbocycles.